The van der Waals surface area contributed by atoms with Gasteiger partial charge in [0.25, 0.3) is 0 Å². The first kappa shape index (κ1) is 17.3. The minimum atomic E-state index is -0.676. The molecule has 3 heterocycles. The SMILES string of the molecule is CC(C)(C)OC(=O)N1CC2(C1)OC1(CN)CC2(C(N)=O)C1.Cl. The van der Waals surface area contributed by atoms with E-state index in [-0.39, 0.29) is 24.4 Å². The number of carbonyl (C=O) groups excluding carboxylic acids is 2. The van der Waals surface area contributed by atoms with Crippen LogP contribution >= 0.6 is 12.4 Å². The Bertz CT molecular complexity index is 505. The summed E-state index contributed by atoms with van der Waals surface area (Å²) in [6.45, 7) is 6.50. The number of nitrogens with two attached hydrogens (primary N) is 2. The summed E-state index contributed by atoms with van der Waals surface area (Å²) in [5.74, 6) is -0.354. The first-order chi connectivity index (χ1) is 9.57. The third-order valence-electron chi connectivity index (χ3n) is 4.92. The largest absolute Gasteiger partial charge is 0.444 e. The number of halogens is 1. The molecule has 0 aromatic carbocycles. The Hall–Kier alpha value is -1.05. The number of hydrogen-bond donors (Lipinski definition) is 2. The Balaban J connectivity index is 0.00000176. The lowest BCUT2D eigenvalue weighted by atomic mass is 9.53. The summed E-state index contributed by atoms with van der Waals surface area (Å²) in [6.07, 6.45) is 0.740. The van der Waals surface area contributed by atoms with Crippen LogP contribution < -0.4 is 11.5 Å². The van der Waals surface area contributed by atoms with Crippen molar-refractivity contribution in [2.75, 3.05) is 19.6 Å². The van der Waals surface area contributed by atoms with E-state index in [4.69, 9.17) is 20.9 Å². The van der Waals surface area contributed by atoms with E-state index in [1.54, 1.807) is 4.90 Å². The second-order valence-electron chi connectivity index (χ2n) is 7.62. The highest BCUT2D eigenvalue weighted by Crippen LogP contribution is 2.68. The van der Waals surface area contributed by atoms with Gasteiger partial charge in [0.2, 0.25) is 5.91 Å². The van der Waals surface area contributed by atoms with Crippen LogP contribution in [0.1, 0.15) is 33.6 Å². The molecule has 4 fully saturated rings. The van der Waals surface area contributed by atoms with Crippen molar-refractivity contribution in [3.63, 3.8) is 0 Å². The van der Waals surface area contributed by atoms with Crippen molar-refractivity contribution < 1.29 is 19.1 Å². The fourth-order valence-electron chi connectivity index (χ4n) is 3.93. The molecule has 1 saturated carbocycles. The topological polar surface area (TPSA) is 108 Å². The molecular weight excluding hydrogens is 310 g/mol. The Kier molecular flexibility index (Phi) is 3.71. The number of amides is 2. The number of nitrogens with zero attached hydrogens (tertiary/aromatic N) is 1. The number of rotatable bonds is 2. The minimum absolute atomic E-state index is 0. The molecule has 2 bridgehead atoms. The Morgan fingerprint density at radius 1 is 1.27 bits per heavy atom. The molecule has 2 amide bonds. The van der Waals surface area contributed by atoms with Crippen LogP contribution in [-0.4, -0.2) is 53.3 Å². The molecule has 8 heteroatoms. The van der Waals surface area contributed by atoms with Gasteiger partial charge in [-0.05, 0) is 33.6 Å². The molecule has 0 atom stereocenters. The minimum Gasteiger partial charge on any atom is -0.444 e. The van der Waals surface area contributed by atoms with Crippen molar-refractivity contribution in [1.29, 1.82) is 0 Å². The quantitative estimate of drug-likeness (QED) is 0.760. The molecule has 4 rings (SSSR count). The van der Waals surface area contributed by atoms with E-state index in [2.05, 4.69) is 0 Å². The van der Waals surface area contributed by atoms with E-state index in [1.807, 2.05) is 20.8 Å². The molecule has 0 radical (unpaired) electrons. The molecule has 126 valence electrons. The predicted octanol–water partition coefficient (Wildman–Crippen LogP) is 0.391. The standard InChI is InChI=1S/C14H23N3O4.ClH/c1-11(2,3)20-10(19)17-7-14(8-17)13(9(16)18)4-12(5-13,6-15)21-14;/h4-8,15H2,1-3H3,(H2,16,18);1H. The summed E-state index contributed by atoms with van der Waals surface area (Å²) < 4.78 is 11.4. The molecule has 22 heavy (non-hydrogen) atoms. The molecule has 0 unspecified atom stereocenters. The average Bonchev–Trinajstić information content (AvgIpc) is 2.70. The number of likely N-dealkylation sites (tertiary alicyclic amines) is 1. The molecular formula is C14H24ClN3O4. The smallest absolute Gasteiger partial charge is 0.410 e. The zero-order valence-electron chi connectivity index (χ0n) is 13.2. The molecule has 1 spiro atoms. The van der Waals surface area contributed by atoms with Gasteiger partial charge in [0.05, 0.1) is 24.1 Å². The van der Waals surface area contributed by atoms with E-state index in [0.717, 1.165) is 0 Å². The van der Waals surface area contributed by atoms with Crippen LogP contribution in [0, 0.1) is 5.41 Å². The van der Waals surface area contributed by atoms with Crippen molar-refractivity contribution in [2.45, 2.75) is 50.4 Å². The molecule has 7 nitrogen and oxygen atoms in total. The predicted molar refractivity (Wildman–Crippen MR) is 81.5 cm³/mol. The molecule has 1 aliphatic carbocycles. The summed E-state index contributed by atoms with van der Waals surface area (Å²) in [6, 6.07) is 0. The van der Waals surface area contributed by atoms with Crippen LogP contribution in [0.15, 0.2) is 0 Å². The van der Waals surface area contributed by atoms with Crippen molar-refractivity contribution in [3.05, 3.63) is 0 Å². The first-order valence-corrected chi connectivity index (χ1v) is 7.25. The van der Waals surface area contributed by atoms with Crippen molar-refractivity contribution in [3.8, 4) is 0 Å². The molecule has 3 aliphatic heterocycles. The van der Waals surface area contributed by atoms with Gasteiger partial charge in [-0.3, -0.25) is 4.79 Å². The summed E-state index contributed by atoms with van der Waals surface area (Å²) in [5.41, 5.74) is 9.03. The highest BCUT2D eigenvalue weighted by Gasteiger charge is 2.80. The number of ether oxygens (including phenoxy) is 2. The van der Waals surface area contributed by atoms with Crippen LogP contribution in [-0.2, 0) is 14.3 Å². The van der Waals surface area contributed by atoms with E-state index < -0.39 is 22.2 Å². The number of primary amides is 1. The fourth-order valence-corrected chi connectivity index (χ4v) is 3.93. The molecule has 3 saturated heterocycles. The Morgan fingerprint density at radius 2 is 1.82 bits per heavy atom. The molecule has 0 aromatic rings. The van der Waals surface area contributed by atoms with E-state index >= 15 is 0 Å². The van der Waals surface area contributed by atoms with Crippen molar-refractivity contribution in [2.24, 2.45) is 16.9 Å². The Morgan fingerprint density at radius 3 is 2.23 bits per heavy atom. The van der Waals surface area contributed by atoms with Gasteiger partial charge in [0.1, 0.15) is 11.2 Å². The highest BCUT2D eigenvalue weighted by atomic mass is 35.5. The van der Waals surface area contributed by atoms with Gasteiger partial charge in [0, 0.05) is 6.54 Å². The highest BCUT2D eigenvalue weighted by molar-refractivity contribution is 5.86. The van der Waals surface area contributed by atoms with Crippen LogP contribution in [0.4, 0.5) is 4.79 Å². The van der Waals surface area contributed by atoms with E-state index in [1.165, 1.54) is 0 Å². The zero-order chi connectivity index (χ0) is 15.7. The summed E-state index contributed by atoms with van der Waals surface area (Å²) in [7, 11) is 0. The maximum absolute atomic E-state index is 12.0. The molecule has 4 N–H and O–H groups in total. The summed E-state index contributed by atoms with van der Waals surface area (Å²) >= 11 is 0. The lowest BCUT2D eigenvalue weighted by Crippen LogP contribution is -2.72. The van der Waals surface area contributed by atoms with Crippen LogP contribution in [0.25, 0.3) is 0 Å². The normalized spacial score (nSPS) is 34.5. The van der Waals surface area contributed by atoms with Gasteiger partial charge in [-0.25, -0.2) is 4.79 Å². The monoisotopic (exact) mass is 333 g/mol. The van der Waals surface area contributed by atoms with Gasteiger partial charge in [-0.1, -0.05) is 0 Å². The fraction of sp³-hybridized carbons (Fsp3) is 0.857. The Labute approximate surface area is 136 Å². The van der Waals surface area contributed by atoms with E-state index in [9.17, 15) is 9.59 Å². The van der Waals surface area contributed by atoms with Gasteiger partial charge in [-0.2, -0.15) is 0 Å². The summed E-state index contributed by atoms with van der Waals surface area (Å²) in [4.78, 5) is 25.5. The number of carbonyl (C=O) groups is 2. The van der Waals surface area contributed by atoms with Crippen molar-refractivity contribution in [1.82, 2.24) is 4.90 Å². The second-order valence-corrected chi connectivity index (χ2v) is 7.62. The first-order valence-electron chi connectivity index (χ1n) is 7.25. The molecule has 0 aromatic heterocycles. The van der Waals surface area contributed by atoms with E-state index in [0.29, 0.717) is 32.5 Å². The van der Waals surface area contributed by atoms with Gasteiger partial charge >= 0.3 is 6.09 Å². The summed E-state index contributed by atoms with van der Waals surface area (Å²) in [5, 5.41) is 0. The third-order valence-corrected chi connectivity index (χ3v) is 4.92. The lowest BCUT2D eigenvalue weighted by Gasteiger charge is -2.53. The van der Waals surface area contributed by atoms with Crippen LogP contribution in [0.5, 0.6) is 0 Å². The maximum atomic E-state index is 12.0. The van der Waals surface area contributed by atoms with Gasteiger partial charge in [0.15, 0.2) is 0 Å². The second kappa shape index (κ2) is 4.72. The number of hydrogen-bond acceptors (Lipinski definition) is 5. The lowest BCUT2D eigenvalue weighted by molar-refractivity contribution is -0.157. The van der Waals surface area contributed by atoms with Crippen LogP contribution in [0.2, 0.25) is 0 Å². The average molecular weight is 334 g/mol. The van der Waals surface area contributed by atoms with Gasteiger partial charge in [-0.15, -0.1) is 12.4 Å². The van der Waals surface area contributed by atoms with Crippen LogP contribution in [0.3, 0.4) is 0 Å². The third kappa shape index (κ3) is 2.10. The molecule has 4 aliphatic rings. The zero-order valence-corrected chi connectivity index (χ0v) is 14.0. The van der Waals surface area contributed by atoms with Gasteiger partial charge < -0.3 is 25.8 Å². The maximum Gasteiger partial charge on any atom is 0.410 e. The van der Waals surface area contributed by atoms with Crippen molar-refractivity contribution >= 4 is 24.4 Å².